The van der Waals surface area contributed by atoms with E-state index in [-0.39, 0.29) is 6.04 Å². The SMILES string of the molecule is CNC(c1cccc(Cl)c1)c1cc(Cl)cc(Cl)c1. The van der Waals surface area contributed by atoms with Crippen LogP contribution in [0.2, 0.25) is 15.1 Å². The Balaban J connectivity index is 2.45. The number of benzene rings is 2. The molecule has 0 radical (unpaired) electrons. The second-order valence-electron chi connectivity index (χ2n) is 3.98. The molecule has 0 amide bonds. The van der Waals surface area contributed by atoms with Crippen molar-refractivity contribution in [3.05, 3.63) is 68.7 Å². The number of rotatable bonds is 3. The summed E-state index contributed by atoms with van der Waals surface area (Å²) < 4.78 is 0. The molecule has 1 atom stereocenters. The highest BCUT2D eigenvalue weighted by atomic mass is 35.5. The zero-order chi connectivity index (χ0) is 13.1. The minimum atomic E-state index is 0.0138. The minimum absolute atomic E-state index is 0.0138. The van der Waals surface area contributed by atoms with Crippen molar-refractivity contribution < 1.29 is 0 Å². The molecule has 0 aliphatic heterocycles. The van der Waals surface area contributed by atoms with Crippen molar-refractivity contribution in [2.24, 2.45) is 0 Å². The fraction of sp³-hybridized carbons (Fsp3) is 0.143. The lowest BCUT2D eigenvalue weighted by atomic mass is 9.99. The van der Waals surface area contributed by atoms with Crippen LogP contribution in [0.3, 0.4) is 0 Å². The predicted molar refractivity (Wildman–Crippen MR) is 78.8 cm³/mol. The highest BCUT2D eigenvalue weighted by molar-refractivity contribution is 6.34. The summed E-state index contributed by atoms with van der Waals surface area (Å²) in [6.07, 6.45) is 0. The van der Waals surface area contributed by atoms with Gasteiger partial charge in [0.25, 0.3) is 0 Å². The van der Waals surface area contributed by atoms with Gasteiger partial charge < -0.3 is 5.32 Å². The number of hydrogen-bond donors (Lipinski definition) is 1. The van der Waals surface area contributed by atoms with Crippen LogP contribution in [0.4, 0.5) is 0 Å². The topological polar surface area (TPSA) is 12.0 Å². The van der Waals surface area contributed by atoms with E-state index in [9.17, 15) is 0 Å². The van der Waals surface area contributed by atoms with E-state index in [1.807, 2.05) is 43.4 Å². The molecule has 1 unspecified atom stereocenters. The molecule has 1 nitrogen and oxygen atoms in total. The summed E-state index contributed by atoms with van der Waals surface area (Å²) in [7, 11) is 1.89. The van der Waals surface area contributed by atoms with Gasteiger partial charge in [0.15, 0.2) is 0 Å². The second kappa shape index (κ2) is 5.94. The molecular formula is C14H12Cl3N. The lowest BCUT2D eigenvalue weighted by molar-refractivity contribution is 0.692. The molecule has 94 valence electrons. The summed E-state index contributed by atoms with van der Waals surface area (Å²) in [5, 5.41) is 5.20. The molecular weight excluding hydrogens is 289 g/mol. The van der Waals surface area contributed by atoms with Crippen LogP contribution >= 0.6 is 34.8 Å². The van der Waals surface area contributed by atoms with Gasteiger partial charge >= 0.3 is 0 Å². The second-order valence-corrected chi connectivity index (χ2v) is 5.29. The third-order valence-corrected chi connectivity index (χ3v) is 3.36. The summed E-state index contributed by atoms with van der Waals surface area (Å²) in [5.41, 5.74) is 2.08. The summed E-state index contributed by atoms with van der Waals surface area (Å²) in [6.45, 7) is 0. The average Bonchev–Trinajstić information content (AvgIpc) is 2.28. The van der Waals surface area contributed by atoms with Crippen LogP contribution in [0.25, 0.3) is 0 Å². The third kappa shape index (κ3) is 3.18. The molecule has 4 heteroatoms. The molecule has 0 aromatic heterocycles. The molecule has 0 aliphatic carbocycles. The van der Waals surface area contributed by atoms with Crippen LogP contribution < -0.4 is 5.32 Å². The van der Waals surface area contributed by atoms with Crippen LogP contribution in [0.15, 0.2) is 42.5 Å². The summed E-state index contributed by atoms with van der Waals surface area (Å²) in [6, 6.07) is 13.2. The Hall–Kier alpha value is -0.730. The molecule has 18 heavy (non-hydrogen) atoms. The molecule has 2 aromatic rings. The highest BCUT2D eigenvalue weighted by Crippen LogP contribution is 2.28. The standard InChI is InChI=1S/C14H12Cl3N/c1-18-14(9-3-2-4-11(15)5-9)10-6-12(16)8-13(17)7-10/h2-8,14,18H,1H3. The van der Waals surface area contributed by atoms with E-state index in [1.165, 1.54) is 0 Å². The highest BCUT2D eigenvalue weighted by Gasteiger charge is 2.13. The van der Waals surface area contributed by atoms with Gasteiger partial charge in [0, 0.05) is 15.1 Å². The van der Waals surface area contributed by atoms with E-state index < -0.39 is 0 Å². The molecule has 0 heterocycles. The van der Waals surface area contributed by atoms with E-state index in [0.29, 0.717) is 15.1 Å². The maximum absolute atomic E-state index is 6.03. The first kappa shape index (κ1) is 13.7. The van der Waals surface area contributed by atoms with E-state index in [2.05, 4.69) is 5.32 Å². The molecule has 0 aliphatic rings. The van der Waals surface area contributed by atoms with Crippen LogP contribution in [0.1, 0.15) is 17.2 Å². The van der Waals surface area contributed by atoms with E-state index in [4.69, 9.17) is 34.8 Å². The first-order valence-corrected chi connectivity index (χ1v) is 6.62. The van der Waals surface area contributed by atoms with E-state index >= 15 is 0 Å². The van der Waals surface area contributed by atoms with Crippen molar-refractivity contribution in [3.8, 4) is 0 Å². The fourth-order valence-electron chi connectivity index (χ4n) is 1.95. The number of nitrogens with one attached hydrogen (secondary N) is 1. The first-order valence-electron chi connectivity index (χ1n) is 5.49. The Kier molecular flexibility index (Phi) is 4.52. The Labute approximate surface area is 122 Å². The van der Waals surface area contributed by atoms with Gasteiger partial charge in [-0.3, -0.25) is 0 Å². The van der Waals surface area contributed by atoms with Gasteiger partial charge in [-0.2, -0.15) is 0 Å². The molecule has 0 fully saturated rings. The zero-order valence-electron chi connectivity index (χ0n) is 9.75. The van der Waals surface area contributed by atoms with E-state index in [0.717, 1.165) is 11.1 Å². The smallest absolute Gasteiger partial charge is 0.0575 e. The van der Waals surface area contributed by atoms with Crippen LogP contribution in [-0.2, 0) is 0 Å². The van der Waals surface area contributed by atoms with Gasteiger partial charge in [-0.15, -0.1) is 0 Å². The summed E-state index contributed by atoms with van der Waals surface area (Å²) in [4.78, 5) is 0. The molecule has 0 spiro atoms. The van der Waals surface area contributed by atoms with Crippen LogP contribution in [-0.4, -0.2) is 7.05 Å². The summed E-state index contributed by atoms with van der Waals surface area (Å²) in [5.74, 6) is 0. The van der Waals surface area contributed by atoms with Crippen LogP contribution in [0.5, 0.6) is 0 Å². The fourth-order valence-corrected chi connectivity index (χ4v) is 2.70. The van der Waals surface area contributed by atoms with Crippen molar-refractivity contribution >= 4 is 34.8 Å². The average molecular weight is 301 g/mol. The van der Waals surface area contributed by atoms with Crippen molar-refractivity contribution in [1.82, 2.24) is 5.32 Å². The van der Waals surface area contributed by atoms with Gasteiger partial charge in [0.05, 0.1) is 6.04 Å². The lowest BCUT2D eigenvalue weighted by Crippen LogP contribution is -2.17. The van der Waals surface area contributed by atoms with Crippen molar-refractivity contribution in [2.75, 3.05) is 7.05 Å². The van der Waals surface area contributed by atoms with Gasteiger partial charge in [-0.1, -0.05) is 46.9 Å². The van der Waals surface area contributed by atoms with Gasteiger partial charge in [-0.25, -0.2) is 0 Å². The summed E-state index contributed by atoms with van der Waals surface area (Å²) >= 11 is 18.1. The first-order chi connectivity index (χ1) is 8.60. The molecule has 0 saturated carbocycles. The number of halogens is 3. The molecule has 0 bridgehead atoms. The Bertz CT molecular complexity index is 534. The Morgan fingerprint density at radius 1 is 0.833 bits per heavy atom. The van der Waals surface area contributed by atoms with Gasteiger partial charge in [0.1, 0.15) is 0 Å². The van der Waals surface area contributed by atoms with E-state index in [1.54, 1.807) is 6.07 Å². The quantitative estimate of drug-likeness (QED) is 0.845. The maximum Gasteiger partial charge on any atom is 0.0575 e. The molecule has 1 N–H and O–H groups in total. The lowest BCUT2D eigenvalue weighted by Gasteiger charge is -2.18. The third-order valence-electron chi connectivity index (χ3n) is 2.69. The van der Waals surface area contributed by atoms with Gasteiger partial charge in [0.2, 0.25) is 0 Å². The van der Waals surface area contributed by atoms with Crippen molar-refractivity contribution in [1.29, 1.82) is 0 Å². The molecule has 2 rings (SSSR count). The number of hydrogen-bond acceptors (Lipinski definition) is 1. The minimum Gasteiger partial charge on any atom is -0.309 e. The largest absolute Gasteiger partial charge is 0.309 e. The maximum atomic E-state index is 6.03. The monoisotopic (exact) mass is 299 g/mol. The van der Waals surface area contributed by atoms with Crippen molar-refractivity contribution in [3.63, 3.8) is 0 Å². The predicted octanol–water partition coefficient (Wildman–Crippen LogP) is 4.96. The molecule has 0 saturated heterocycles. The Morgan fingerprint density at radius 3 is 2.00 bits per heavy atom. The molecule has 2 aromatic carbocycles. The Morgan fingerprint density at radius 2 is 1.44 bits per heavy atom. The van der Waals surface area contributed by atoms with Crippen molar-refractivity contribution in [2.45, 2.75) is 6.04 Å². The normalized spacial score (nSPS) is 12.4. The van der Waals surface area contributed by atoms with Crippen LogP contribution in [0, 0.1) is 0 Å². The zero-order valence-corrected chi connectivity index (χ0v) is 12.0. The van der Waals surface area contributed by atoms with Gasteiger partial charge in [-0.05, 0) is 48.5 Å².